The fourth-order valence-corrected chi connectivity index (χ4v) is 3.05. The van der Waals surface area contributed by atoms with E-state index in [1.807, 2.05) is 0 Å². The standard InChI is InChI=1S/C15H28N6/c1-3-6-13-14(18-11-19-15(13)20-16)17-9-10-21(2)12-7-4-5-8-12/h11-12H,3-10,16H2,1-2H3,(H2,17,18,19,20). The molecule has 1 heterocycles. The minimum atomic E-state index is 0.721. The second-order valence-corrected chi connectivity index (χ2v) is 5.79. The van der Waals surface area contributed by atoms with Gasteiger partial charge in [0.2, 0.25) is 0 Å². The van der Waals surface area contributed by atoms with Crippen LogP contribution in [0.15, 0.2) is 6.33 Å². The molecule has 0 aliphatic heterocycles. The van der Waals surface area contributed by atoms with Crippen molar-refractivity contribution in [1.82, 2.24) is 14.9 Å². The van der Waals surface area contributed by atoms with Crippen molar-refractivity contribution in [3.8, 4) is 0 Å². The third-order valence-electron chi connectivity index (χ3n) is 4.29. The number of nitrogen functional groups attached to an aromatic ring is 1. The van der Waals surface area contributed by atoms with Gasteiger partial charge < -0.3 is 15.6 Å². The van der Waals surface area contributed by atoms with Crippen LogP contribution in [0.4, 0.5) is 11.6 Å². The molecule has 0 unspecified atom stereocenters. The molecule has 0 aromatic carbocycles. The minimum Gasteiger partial charge on any atom is -0.368 e. The van der Waals surface area contributed by atoms with Crippen LogP contribution in [-0.2, 0) is 6.42 Å². The fourth-order valence-electron chi connectivity index (χ4n) is 3.05. The van der Waals surface area contributed by atoms with Gasteiger partial charge in [0, 0.05) is 24.7 Å². The minimum absolute atomic E-state index is 0.721. The Kier molecular flexibility index (Phi) is 6.20. The zero-order chi connectivity index (χ0) is 15.1. The number of nitrogens with two attached hydrogens (primary N) is 1. The predicted octanol–water partition coefficient (Wildman–Crippen LogP) is 2.00. The van der Waals surface area contributed by atoms with Crippen molar-refractivity contribution in [2.24, 2.45) is 5.84 Å². The van der Waals surface area contributed by atoms with E-state index in [-0.39, 0.29) is 0 Å². The summed E-state index contributed by atoms with van der Waals surface area (Å²) in [6, 6.07) is 0.758. The predicted molar refractivity (Wildman–Crippen MR) is 87.2 cm³/mol. The van der Waals surface area contributed by atoms with Crippen molar-refractivity contribution in [2.75, 3.05) is 30.9 Å². The highest BCUT2D eigenvalue weighted by Crippen LogP contribution is 2.23. The van der Waals surface area contributed by atoms with Crippen molar-refractivity contribution in [1.29, 1.82) is 0 Å². The van der Waals surface area contributed by atoms with E-state index in [0.29, 0.717) is 0 Å². The SMILES string of the molecule is CCCc1c(NN)ncnc1NCCN(C)C1CCCC1. The normalized spacial score (nSPS) is 15.6. The maximum absolute atomic E-state index is 5.53. The van der Waals surface area contributed by atoms with E-state index in [1.54, 1.807) is 6.33 Å². The van der Waals surface area contributed by atoms with Gasteiger partial charge in [-0.25, -0.2) is 15.8 Å². The Labute approximate surface area is 127 Å². The number of hydrazine groups is 1. The summed E-state index contributed by atoms with van der Waals surface area (Å²) in [4.78, 5) is 11.0. The molecule has 1 aromatic heterocycles. The molecular formula is C15H28N6. The first-order chi connectivity index (χ1) is 10.3. The molecule has 0 amide bonds. The van der Waals surface area contributed by atoms with Crippen LogP contribution in [0.25, 0.3) is 0 Å². The highest BCUT2D eigenvalue weighted by molar-refractivity contribution is 5.56. The van der Waals surface area contributed by atoms with Gasteiger partial charge in [-0.15, -0.1) is 0 Å². The maximum Gasteiger partial charge on any atom is 0.148 e. The first-order valence-electron chi connectivity index (χ1n) is 8.00. The molecule has 1 aliphatic rings. The van der Waals surface area contributed by atoms with Gasteiger partial charge in [-0.05, 0) is 26.3 Å². The lowest BCUT2D eigenvalue weighted by atomic mass is 10.1. The molecule has 0 atom stereocenters. The van der Waals surface area contributed by atoms with Gasteiger partial charge in [-0.2, -0.15) is 0 Å². The van der Waals surface area contributed by atoms with Crippen molar-refractivity contribution < 1.29 is 0 Å². The molecule has 1 fully saturated rings. The summed E-state index contributed by atoms with van der Waals surface area (Å²) < 4.78 is 0. The molecule has 6 heteroatoms. The van der Waals surface area contributed by atoms with Gasteiger partial charge in [0.25, 0.3) is 0 Å². The summed E-state index contributed by atoms with van der Waals surface area (Å²) >= 11 is 0. The van der Waals surface area contributed by atoms with E-state index in [9.17, 15) is 0 Å². The summed E-state index contributed by atoms with van der Waals surface area (Å²) in [6.45, 7) is 4.07. The van der Waals surface area contributed by atoms with E-state index in [1.165, 1.54) is 25.7 Å². The number of hydrogen-bond donors (Lipinski definition) is 3. The summed E-state index contributed by atoms with van der Waals surface area (Å²) in [5.41, 5.74) is 3.74. The average Bonchev–Trinajstić information content (AvgIpc) is 3.03. The lowest BCUT2D eigenvalue weighted by Crippen LogP contribution is -2.33. The highest BCUT2D eigenvalue weighted by atomic mass is 15.3. The molecule has 1 aliphatic carbocycles. The Morgan fingerprint density at radius 3 is 2.67 bits per heavy atom. The summed E-state index contributed by atoms with van der Waals surface area (Å²) in [7, 11) is 2.22. The quantitative estimate of drug-likeness (QED) is 0.502. The second-order valence-electron chi connectivity index (χ2n) is 5.79. The summed E-state index contributed by atoms with van der Waals surface area (Å²) in [5, 5.41) is 3.44. The number of anilines is 2. The van der Waals surface area contributed by atoms with E-state index >= 15 is 0 Å². The second kappa shape index (κ2) is 8.14. The summed E-state index contributed by atoms with van der Waals surface area (Å²) in [5.74, 6) is 7.16. The van der Waals surface area contributed by atoms with Crippen LogP contribution in [0, 0.1) is 0 Å². The van der Waals surface area contributed by atoms with Crippen molar-refractivity contribution in [2.45, 2.75) is 51.5 Å². The zero-order valence-electron chi connectivity index (χ0n) is 13.2. The lowest BCUT2D eigenvalue weighted by molar-refractivity contribution is 0.254. The van der Waals surface area contributed by atoms with Crippen LogP contribution >= 0.6 is 0 Å². The summed E-state index contributed by atoms with van der Waals surface area (Å²) in [6.07, 6.45) is 8.94. The van der Waals surface area contributed by atoms with Crippen molar-refractivity contribution in [3.63, 3.8) is 0 Å². The van der Waals surface area contributed by atoms with Gasteiger partial charge in [0.05, 0.1) is 0 Å². The third-order valence-corrected chi connectivity index (χ3v) is 4.29. The van der Waals surface area contributed by atoms with E-state index in [0.717, 1.165) is 49.2 Å². The number of rotatable bonds is 8. The first-order valence-corrected chi connectivity index (χ1v) is 8.00. The molecule has 0 radical (unpaired) electrons. The first kappa shape index (κ1) is 16.0. The van der Waals surface area contributed by atoms with Crippen LogP contribution < -0.4 is 16.6 Å². The van der Waals surface area contributed by atoms with Crippen LogP contribution in [0.5, 0.6) is 0 Å². The molecule has 1 aromatic rings. The van der Waals surface area contributed by atoms with Crippen LogP contribution in [0.3, 0.4) is 0 Å². The van der Waals surface area contributed by atoms with Gasteiger partial charge in [0.1, 0.15) is 18.0 Å². The van der Waals surface area contributed by atoms with Gasteiger partial charge in [0.15, 0.2) is 0 Å². The van der Waals surface area contributed by atoms with Crippen molar-refractivity contribution in [3.05, 3.63) is 11.9 Å². The Morgan fingerprint density at radius 2 is 2.00 bits per heavy atom. The molecule has 21 heavy (non-hydrogen) atoms. The molecule has 0 bridgehead atoms. The van der Waals surface area contributed by atoms with Gasteiger partial charge >= 0.3 is 0 Å². The smallest absolute Gasteiger partial charge is 0.148 e. The third kappa shape index (κ3) is 4.28. The Bertz CT molecular complexity index is 430. The largest absolute Gasteiger partial charge is 0.368 e. The lowest BCUT2D eigenvalue weighted by Gasteiger charge is -2.24. The number of nitrogens with one attached hydrogen (secondary N) is 2. The van der Waals surface area contributed by atoms with E-state index in [2.05, 4.69) is 39.6 Å². The van der Waals surface area contributed by atoms with Crippen LogP contribution in [0.1, 0.15) is 44.6 Å². The molecular weight excluding hydrogens is 264 g/mol. The van der Waals surface area contributed by atoms with Gasteiger partial charge in [-0.3, -0.25) is 0 Å². The van der Waals surface area contributed by atoms with Crippen LogP contribution in [0.2, 0.25) is 0 Å². The number of likely N-dealkylation sites (N-methyl/N-ethyl adjacent to an activating group) is 1. The molecule has 1 saturated carbocycles. The topological polar surface area (TPSA) is 79.1 Å². The van der Waals surface area contributed by atoms with Crippen molar-refractivity contribution >= 4 is 11.6 Å². The average molecular weight is 292 g/mol. The van der Waals surface area contributed by atoms with E-state index in [4.69, 9.17) is 5.84 Å². The zero-order valence-corrected chi connectivity index (χ0v) is 13.2. The van der Waals surface area contributed by atoms with E-state index < -0.39 is 0 Å². The highest BCUT2D eigenvalue weighted by Gasteiger charge is 2.19. The van der Waals surface area contributed by atoms with Crippen LogP contribution in [-0.4, -0.2) is 41.0 Å². The molecule has 2 rings (SSSR count). The van der Waals surface area contributed by atoms with Gasteiger partial charge in [-0.1, -0.05) is 26.2 Å². The number of hydrogen-bond acceptors (Lipinski definition) is 6. The molecule has 0 saturated heterocycles. The molecule has 6 nitrogen and oxygen atoms in total. The monoisotopic (exact) mass is 292 g/mol. The maximum atomic E-state index is 5.53. The Morgan fingerprint density at radius 1 is 1.29 bits per heavy atom. The Hall–Kier alpha value is -1.40. The molecule has 0 spiro atoms. The molecule has 4 N–H and O–H groups in total. The number of nitrogens with zero attached hydrogens (tertiary/aromatic N) is 3. The fraction of sp³-hybridized carbons (Fsp3) is 0.733. The molecule has 118 valence electrons. The Balaban J connectivity index is 1.89. The number of aromatic nitrogens is 2.